The van der Waals surface area contributed by atoms with Crippen LogP contribution in [0.25, 0.3) is 0 Å². The maximum atomic E-state index is 13.1. The molecule has 1 saturated carbocycles. The van der Waals surface area contributed by atoms with Gasteiger partial charge in [0.2, 0.25) is 0 Å². The van der Waals surface area contributed by atoms with Gasteiger partial charge in [0.25, 0.3) is 5.91 Å². The number of carbonyl (C=O) groups is 2. The van der Waals surface area contributed by atoms with Crippen molar-refractivity contribution in [3.05, 3.63) is 29.8 Å². The number of carbonyl (C=O) groups excluding carboxylic acids is 1. The molecule has 0 heterocycles. The number of hydrogen-bond acceptors (Lipinski definition) is 3. The van der Waals surface area contributed by atoms with E-state index in [2.05, 4.69) is 5.32 Å². The summed E-state index contributed by atoms with van der Waals surface area (Å²) in [6.07, 6.45) is 1.38. The minimum Gasteiger partial charge on any atom is -0.481 e. The van der Waals surface area contributed by atoms with Gasteiger partial charge in [-0.1, -0.05) is 0 Å². The number of ether oxygens (including phenoxy) is 1. The number of benzene rings is 1. The van der Waals surface area contributed by atoms with Crippen molar-refractivity contribution in [1.29, 1.82) is 0 Å². The van der Waals surface area contributed by atoms with E-state index >= 15 is 0 Å². The standard InChI is InChI=1S/C16H19F2NO4/c1-9(23-12-6-7-13(17)14(18)8-12)15(20)19-11-4-2-10(3-5-11)16(21)22/h6-11H,2-5H2,1H3,(H,19,20)(H,21,22). The monoisotopic (exact) mass is 327 g/mol. The number of halogens is 2. The second-order valence-electron chi connectivity index (χ2n) is 5.73. The number of carboxylic acid groups (broad SMARTS) is 1. The molecule has 1 aliphatic rings. The molecular formula is C16H19F2NO4. The Morgan fingerprint density at radius 2 is 1.87 bits per heavy atom. The van der Waals surface area contributed by atoms with Crippen LogP contribution in [-0.2, 0) is 9.59 Å². The first-order chi connectivity index (χ1) is 10.9. The number of carboxylic acids is 1. The zero-order chi connectivity index (χ0) is 17.0. The predicted molar refractivity (Wildman–Crippen MR) is 78.0 cm³/mol. The zero-order valence-corrected chi connectivity index (χ0v) is 12.7. The summed E-state index contributed by atoms with van der Waals surface area (Å²) >= 11 is 0. The number of aliphatic carboxylic acids is 1. The molecular weight excluding hydrogens is 308 g/mol. The summed E-state index contributed by atoms with van der Waals surface area (Å²) in [6, 6.07) is 2.98. The van der Waals surface area contributed by atoms with Crippen LogP contribution in [0.2, 0.25) is 0 Å². The molecule has 126 valence electrons. The normalized spacial score (nSPS) is 22.2. The Bertz CT molecular complexity index is 585. The van der Waals surface area contributed by atoms with Crippen molar-refractivity contribution in [2.45, 2.75) is 44.8 Å². The van der Waals surface area contributed by atoms with Crippen molar-refractivity contribution in [3.8, 4) is 5.75 Å². The van der Waals surface area contributed by atoms with E-state index in [4.69, 9.17) is 9.84 Å². The summed E-state index contributed by atoms with van der Waals surface area (Å²) in [5, 5.41) is 11.7. The fraction of sp³-hybridized carbons (Fsp3) is 0.500. The average molecular weight is 327 g/mol. The maximum Gasteiger partial charge on any atom is 0.306 e. The molecule has 1 aromatic carbocycles. The lowest BCUT2D eigenvalue weighted by molar-refractivity contribution is -0.142. The first-order valence-corrected chi connectivity index (χ1v) is 7.51. The molecule has 1 aliphatic carbocycles. The lowest BCUT2D eigenvalue weighted by Crippen LogP contribution is -2.44. The number of rotatable bonds is 5. The van der Waals surface area contributed by atoms with Gasteiger partial charge < -0.3 is 15.2 Å². The third-order valence-corrected chi connectivity index (χ3v) is 4.00. The topological polar surface area (TPSA) is 75.6 Å². The molecule has 1 amide bonds. The Labute approximate surface area is 132 Å². The van der Waals surface area contributed by atoms with Crippen LogP contribution >= 0.6 is 0 Å². The molecule has 1 aromatic rings. The molecule has 0 spiro atoms. The maximum absolute atomic E-state index is 13.1. The van der Waals surface area contributed by atoms with E-state index in [1.165, 1.54) is 13.0 Å². The molecule has 5 nitrogen and oxygen atoms in total. The Morgan fingerprint density at radius 3 is 2.43 bits per heavy atom. The van der Waals surface area contributed by atoms with Gasteiger partial charge in [-0.05, 0) is 44.7 Å². The highest BCUT2D eigenvalue weighted by Gasteiger charge is 2.28. The van der Waals surface area contributed by atoms with E-state index in [0.717, 1.165) is 12.1 Å². The van der Waals surface area contributed by atoms with E-state index < -0.39 is 23.7 Å². The van der Waals surface area contributed by atoms with Crippen molar-refractivity contribution >= 4 is 11.9 Å². The minimum atomic E-state index is -1.04. The van der Waals surface area contributed by atoms with Gasteiger partial charge >= 0.3 is 5.97 Å². The quantitative estimate of drug-likeness (QED) is 0.871. The molecule has 7 heteroatoms. The highest BCUT2D eigenvalue weighted by Crippen LogP contribution is 2.24. The molecule has 0 bridgehead atoms. The van der Waals surface area contributed by atoms with E-state index in [0.29, 0.717) is 25.7 Å². The van der Waals surface area contributed by atoms with Crippen molar-refractivity contribution in [2.24, 2.45) is 5.92 Å². The van der Waals surface area contributed by atoms with Crippen LogP contribution in [0.3, 0.4) is 0 Å². The summed E-state index contributed by atoms with van der Waals surface area (Å²) in [6.45, 7) is 1.51. The predicted octanol–water partition coefficient (Wildman–Crippen LogP) is 2.49. The second-order valence-corrected chi connectivity index (χ2v) is 5.73. The first-order valence-electron chi connectivity index (χ1n) is 7.51. The Hall–Kier alpha value is -2.18. The molecule has 1 atom stereocenters. The molecule has 0 aromatic heterocycles. The Kier molecular flexibility index (Phi) is 5.52. The lowest BCUT2D eigenvalue weighted by atomic mass is 9.86. The minimum absolute atomic E-state index is 0.0705. The second kappa shape index (κ2) is 7.39. The summed E-state index contributed by atoms with van der Waals surface area (Å²) in [5.74, 6) is -3.47. The van der Waals surface area contributed by atoms with Gasteiger partial charge in [0.15, 0.2) is 17.7 Å². The first kappa shape index (κ1) is 17.2. The van der Waals surface area contributed by atoms with Crippen molar-refractivity contribution in [1.82, 2.24) is 5.32 Å². The summed E-state index contributed by atoms with van der Waals surface area (Å²) < 4.78 is 31.2. The van der Waals surface area contributed by atoms with E-state index in [1.54, 1.807) is 0 Å². The van der Waals surface area contributed by atoms with Crippen LogP contribution in [0, 0.1) is 17.6 Å². The van der Waals surface area contributed by atoms with Gasteiger partial charge in [0.1, 0.15) is 5.75 Å². The molecule has 2 N–H and O–H groups in total. The van der Waals surface area contributed by atoms with E-state index in [9.17, 15) is 18.4 Å². The average Bonchev–Trinajstić information content (AvgIpc) is 2.51. The third-order valence-electron chi connectivity index (χ3n) is 4.00. The van der Waals surface area contributed by atoms with Gasteiger partial charge in [-0.25, -0.2) is 8.78 Å². The van der Waals surface area contributed by atoms with E-state index in [1.807, 2.05) is 0 Å². The van der Waals surface area contributed by atoms with Crippen molar-refractivity contribution < 1.29 is 28.2 Å². The SMILES string of the molecule is CC(Oc1ccc(F)c(F)c1)C(=O)NC1CCC(C(=O)O)CC1. The van der Waals surface area contributed by atoms with Gasteiger partial charge in [0, 0.05) is 12.1 Å². The summed E-state index contributed by atoms with van der Waals surface area (Å²) in [5.41, 5.74) is 0. The number of nitrogens with one attached hydrogen (secondary N) is 1. The third kappa shape index (κ3) is 4.64. The fourth-order valence-corrected chi connectivity index (χ4v) is 2.61. The molecule has 0 radical (unpaired) electrons. The highest BCUT2D eigenvalue weighted by molar-refractivity contribution is 5.81. The van der Waals surface area contributed by atoms with Gasteiger partial charge in [-0.2, -0.15) is 0 Å². The van der Waals surface area contributed by atoms with E-state index in [-0.39, 0.29) is 23.6 Å². The van der Waals surface area contributed by atoms with Crippen LogP contribution in [0.4, 0.5) is 8.78 Å². The van der Waals surface area contributed by atoms with Crippen LogP contribution < -0.4 is 10.1 Å². The van der Waals surface area contributed by atoms with Gasteiger partial charge in [-0.15, -0.1) is 0 Å². The summed E-state index contributed by atoms with van der Waals surface area (Å²) in [4.78, 5) is 22.9. The molecule has 0 saturated heterocycles. The van der Waals surface area contributed by atoms with Crippen molar-refractivity contribution in [2.75, 3.05) is 0 Å². The van der Waals surface area contributed by atoms with Crippen LogP contribution in [0.1, 0.15) is 32.6 Å². The van der Waals surface area contributed by atoms with Crippen molar-refractivity contribution in [3.63, 3.8) is 0 Å². The fourth-order valence-electron chi connectivity index (χ4n) is 2.61. The Balaban J connectivity index is 1.83. The Morgan fingerprint density at radius 1 is 1.22 bits per heavy atom. The van der Waals surface area contributed by atoms with Crippen LogP contribution in [-0.4, -0.2) is 29.1 Å². The molecule has 1 unspecified atom stereocenters. The molecule has 2 rings (SSSR count). The van der Waals surface area contributed by atoms with Crippen LogP contribution in [0.5, 0.6) is 5.75 Å². The molecule has 23 heavy (non-hydrogen) atoms. The number of hydrogen-bond donors (Lipinski definition) is 2. The number of amides is 1. The lowest BCUT2D eigenvalue weighted by Gasteiger charge is -2.27. The summed E-state index contributed by atoms with van der Waals surface area (Å²) in [7, 11) is 0. The van der Waals surface area contributed by atoms with Gasteiger partial charge in [-0.3, -0.25) is 9.59 Å². The highest BCUT2D eigenvalue weighted by atomic mass is 19.2. The van der Waals surface area contributed by atoms with Gasteiger partial charge in [0.05, 0.1) is 5.92 Å². The zero-order valence-electron chi connectivity index (χ0n) is 12.7. The molecule has 0 aliphatic heterocycles. The smallest absolute Gasteiger partial charge is 0.306 e. The van der Waals surface area contributed by atoms with Crippen LogP contribution in [0.15, 0.2) is 18.2 Å². The molecule has 1 fully saturated rings. The largest absolute Gasteiger partial charge is 0.481 e.